The van der Waals surface area contributed by atoms with Crippen LogP contribution in [0.3, 0.4) is 0 Å². The summed E-state index contributed by atoms with van der Waals surface area (Å²) in [6.45, 7) is 0.251. The van der Waals surface area contributed by atoms with E-state index in [0.717, 1.165) is 0 Å². The predicted octanol–water partition coefficient (Wildman–Crippen LogP) is 0.233. The third-order valence-corrected chi connectivity index (χ3v) is 4.36. The van der Waals surface area contributed by atoms with E-state index in [-0.39, 0.29) is 26.1 Å². The number of aromatic nitrogens is 2. The van der Waals surface area contributed by atoms with E-state index in [1.807, 2.05) is 0 Å². The highest BCUT2D eigenvalue weighted by Gasteiger charge is 2.61. The maximum absolute atomic E-state index is 14.1. The Labute approximate surface area is 131 Å². The average molecular weight is 331 g/mol. The molecule has 0 bridgehead atoms. The van der Waals surface area contributed by atoms with E-state index in [4.69, 9.17) is 9.47 Å². The molecule has 1 aliphatic heterocycles. The van der Waals surface area contributed by atoms with Gasteiger partial charge < -0.3 is 19.9 Å². The number of aryl methyl sites for hydroxylation is 1. The maximum Gasteiger partial charge on any atom is 0.352 e. The number of hydrogen-bond donors (Lipinski definition) is 2. The van der Waals surface area contributed by atoms with Gasteiger partial charge in [-0.3, -0.25) is 9.48 Å². The van der Waals surface area contributed by atoms with Gasteiger partial charge in [0.15, 0.2) is 5.75 Å². The largest absolute Gasteiger partial charge is 0.482 e. The maximum atomic E-state index is 14.1. The fourth-order valence-electron chi connectivity index (χ4n) is 2.72. The summed E-state index contributed by atoms with van der Waals surface area (Å²) >= 11 is 0. The normalized spacial score (nSPS) is 26.6. The summed E-state index contributed by atoms with van der Waals surface area (Å²) < 4.78 is 40.6. The van der Waals surface area contributed by atoms with Crippen LogP contribution in [0.1, 0.15) is 19.3 Å². The van der Waals surface area contributed by atoms with Gasteiger partial charge in [0.2, 0.25) is 0 Å². The van der Waals surface area contributed by atoms with E-state index in [9.17, 15) is 18.7 Å². The van der Waals surface area contributed by atoms with Crippen LogP contribution in [0.5, 0.6) is 5.75 Å². The fourth-order valence-corrected chi connectivity index (χ4v) is 2.72. The van der Waals surface area contributed by atoms with E-state index in [0.29, 0.717) is 12.2 Å². The number of nitrogens with one attached hydrogen (secondary N) is 1. The van der Waals surface area contributed by atoms with Gasteiger partial charge in [-0.2, -0.15) is 13.9 Å². The Kier molecular flexibility index (Phi) is 4.01. The Morgan fingerprint density at radius 2 is 2.30 bits per heavy atom. The second kappa shape index (κ2) is 5.72. The van der Waals surface area contributed by atoms with Crippen LogP contribution in [0, 0.1) is 0 Å². The van der Waals surface area contributed by atoms with Crippen LogP contribution < -0.4 is 10.1 Å². The van der Waals surface area contributed by atoms with Crippen LogP contribution in [0.4, 0.5) is 8.78 Å². The van der Waals surface area contributed by atoms with Gasteiger partial charge in [-0.25, -0.2) is 0 Å². The van der Waals surface area contributed by atoms with E-state index in [1.54, 1.807) is 17.9 Å². The standard InChI is InChI=1S/C14H19F2N3O4/c1-19-6-9(5-17-19)23-11-8-22-7-10(11)18-12(20)14(15,16)13(21)3-2-4-13/h5-6,10-11,21H,2-4,7-8H2,1H3,(H,18,20)/t10-,11+/m0/s1. The quantitative estimate of drug-likeness (QED) is 0.807. The number of carbonyl (C=O) groups is 1. The molecule has 0 aromatic carbocycles. The molecule has 0 unspecified atom stereocenters. The topological polar surface area (TPSA) is 85.6 Å². The Bertz CT molecular complexity index is 588. The minimum absolute atomic E-state index is 0.0746. The van der Waals surface area contributed by atoms with Crippen molar-refractivity contribution in [2.75, 3.05) is 13.2 Å². The Balaban J connectivity index is 1.63. The van der Waals surface area contributed by atoms with Crippen molar-refractivity contribution in [1.29, 1.82) is 0 Å². The molecular weight excluding hydrogens is 312 g/mol. The average Bonchev–Trinajstić information content (AvgIpc) is 3.06. The molecule has 1 saturated carbocycles. The van der Waals surface area contributed by atoms with Crippen LogP contribution >= 0.6 is 0 Å². The molecule has 2 heterocycles. The van der Waals surface area contributed by atoms with Gasteiger partial charge in [0.25, 0.3) is 5.91 Å². The van der Waals surface area contributed by atoms with Gasteiger partial charge in [-0.15, -0.1) is 0 Å². The number of nitrogens with zero attached hydrogens (tertiary/aromatic N) is 2. The zero-order valence-electron chi connectivity index (χ0n) is 12.7. The molecular formula is C14H19F2N3O4. The van der Waals surface area contributed by atoms with Crippen LogP contribution in [0.15, 0.2) is 12.4 Å². The SMILES string of the molecule is Cn1cc(O[C@@H]2COC[C@@H]2NC(=O)C(F)(F)C2(O)CCC2)cn1. The first-order valence-corrected chi connectivity index (χ1v) is 7.46. The number of halogens is 2. The number of rotatable bonds is 5. The summed E-state index contributed by atoms with van der Waals surface area (Å²) in [5.74, 6) is -4.85. The van der Waals surface area contributed by atoms with Crippen LogP contribution in [-0.2, 0) is 16.6 Å². The van der Waals surface area contributed by atoms with Gasteiger partial charge in [0.05, 0.1) is 31.6 Å². The summed E-state index contributed by atoms with van der Waals surface area (Å²) in [6, 6.07) is -0.711. The second-order valence-corrected chi connectivity index (χ2v) is 6.08. The zero-order valence-corrected chi connectivity index (χ0v) is 12.7. The number of alkyl halides is 2. The fraction of sp³-hybridized carbons (Fsp3) is 0.714. The molecule has 23 heavy (non-hydrogen) atoms. The first-order chi connectivity index (χ1) is 10.8. The molecule has 7 nitrogen and oxygen atoms in total. The van der Waals surface area contributed by atoms with Gasteiger partial charge in [0.1, 0.15) is 11.7 Å². The molecule has 128 valence electrons. The van der Waals surface area contributed by atoms with Crippen molar-refractivity contribution in [3.8, 4) is 5.75 Å². The lowest BCUT2D eigenvalue weighted by atomic mass is 9.75. The van der Waals surface area contributed by atoms with Crippen molar-refractivity contribution in [1.82, 2.24) is 15.1 Å². The van der Waals surface area contributed by atoms with Gasteiger partial charge in [0, 0.05) is 7.05 Å². The molecule has 1 aliphatic carbocycles. The molecule has 2 aliphatic rings. The van der Waals surface area contributed by atoms with Crippen molar-refractivity contribution in [2.45, 2.75) is 42.9 Å². The van der Waals surface area contributed by atoms with Gasteiger partial charge in [-0.05, 0) is 19.3 Å². The predicted molar refractivity (Wildman–Crippen MR) is 74.1 cm³/mol. The summed E-state index contributed by atoms with van der Waals surface area (Å²) in [7, 11) is 1.72. The molecule has 2 atom stereocenters. The lowest BCUT2D eigenvalue weighted by Gasteiger charge is -2.41. The van der Waals surface area contributed by atoms with Gasteiger partial charge >= 0.3 is 5.92 Å². The molecule has 0 spiro atoms. The lowest BCUT2D eigenvalue weighted by molar-refractivity contribution is -0.216. The zero-order chi connectivity index (χ0) is 16.7. The smallest absolute Gasteiger partial charge is 0.352 e. The van der Waals surface area contributed by atoms with E-state index in [1.165, 1.54) is 6.20 Å². The first kappa shape index (κ1) is 16.1. The molecule has 9 heteroatoms. The van der Waals surface area contributed by atoms with Gasteiger partial charge in [-0.1, -0.05) is 0 Å². The second-order valence-electron chi connectivity index (χ2n) is 6.08. The van der Waals surface area contributed by atoms with Crippen LogP contribution in [0.2, 0.25) is 0 Å². The number of ether oxygens (including phenoxy) is 2. The molecule has 1 amide bonds. The van der Waals surface area contributed by atoms with E-state index in [2.05, 4.69) is 10.4 Å². The highest BCUT2D eigenvalue weighted by molar-refractivity contribution is 5.85. The summed E-state index contributed by atoms with van der Waals surface area (Å²) in [5.41, 5.74) is -2.24. The minimum Gasteiger partial charge on any atom is -0.482 e. The Hall–Kier alpha value is -1.74. The number of amides is 1. The first-order valence-electron chi connectivity index (χ1n) is 7.46. The summed E-state index contributed by atoms with van der Waals surface area (Å²) in [6.07, 6.45) is 2.86. The van der Waals surface area contributed by atoms with E-state index >= 15 is 0 Å². The van der Waals surface area contributed by atoms with Crippen LogP contribution in [-0.4, -0.2) is 57.7 Å². The lowest BCUT2D eigenvalue weighted by Crippen LogP contribution is -2.62. The molecule has 3 rings (SSSR count). The monoisotopic (exact) mass is 331 g/mol. The Morgan fingerprint density at radius 1 is 1.57 bits per heavy atom. The molecule has 1 saturated heterocycles. The number of hydrogen-bond acceptors (Lipinski definition) is 5. The Morgan fingerprint density at radius 3 is 2.87 bits per heavy atom. The van der Waals surface area contributed by atoms with Crippen LogP contribution in [0.25, 0.3) is 0 Å². The summed E-state index contributed by atoms with van der Waals surface area (Å²) in [5, 5.41) is 16.0. The van der Waals surface area contributed by atoms with Crippen molar-refractivity contribution in [3.63, 3.8) is 0 Å². The van der Waals surface area contributed by atoms with Crippen molar-refractivity contribution in [2.24, 2.45) is 7.05 Å². The minimum atomic E-state index is -3.83. The third-order valence-electron chi connectivity index (χ3n) is 4.36. The number of carbonyl (C=O) groups excluding carboxylic acids is 1. The van der Waals surface area contributed by atoms with Crippen molar-refractivity contribution < 1.29 is 28.2 Å². The van der Waals surface area contributed by atoms with Crippen molar-refractivity contribution >= 4 is 5.91 Å². The molecule has 1 aromatic heterocycles. The highest BCUT2D eigenvalue weighted by atomic mass is 19.3. The third kappa shape index (κ3) is 2.90. The van der Waals surface area contributed by atoms with Crippen molar-refractivity contribution in [3.05, 3.63) is 12.4 Å². The number of aliphatic hydroxyl groups is 1. The molecule has 0 radical (unpaired) electrons. The molecule has 2 fully saturated rings. The van der Waals surface area contributed by atoms with E-state index < -0.39 is 29.6 Å². The summed E-state index contributed by atoms with van der Waals surface area (Å²) in [4.78, 5) is 11.9. The molecule has 2 N–H and O–H groups in total. The highest BCUT2D eigenvalue weighted by Crippen LogP contribution is 2.44. The molecule has 1 aromatic rings.